The van der Waals surface area contributed by atoms with E-state index in [-0.39, 0.29) is 12.0 Å². The number of nitrogens with zero attached hydrogens (tertiary/aromatic N) is 1. The van der Waals surface area contributed by atoms with Gasteiger partial charge in [0.15, 0.2) is 0 Å². The number of nitrogens with one attached hydrogen (secondary N) is 1. The van der Waals surface area contributed by atoms with Crippen molar-refractivity contribution in [2.24, 2.45) is 5.92 Å². The molecule has 0 spiro atoms. The maximum absolute atomic E-state index is 12.3. The Morgan fingerprint density at radius 3 is 2.46 bits per heavy atom. The van der Waals surface area contributed by atoms with Gasteiger partial charge in [-0.2, -0.15) is 0 Å². The monoisotopic (exact) mass is 354 g/mol. The molecule has 0 bridgehead atoms. The van der Waals surface area contributed by atoms with E-state index < -0.39 is 27.9 Å². The summed E-state index contributed by atoms with van der Waals surface area (Å²) in [6.45, 7) is 5.24. The van der Waals surface area contributed by atoms with E-state index in [1.54, 1.807) is 32.9 Å². The van der Waals surface area contributed by atoms with Crippen LogP contribution in [-0.4, -0.2) is 43.7 Å². The lowest BCUT2D eigenvalue weighted by Crippen LogP contribution is -2.44. The highest BCUT2D eigenvalue weighted by molar-refractivity contribution is 7.92. The molecule has 0 saturated heterocycles. The van der Waals surface area contributed by atoms with E-state index in [0.29, 0.717) is 17.7 Å². The number of aliphatic carboxylic acids is 1. The van der Waals surface area contributed by atoms with Crippen LogP contribution in [0.5, 0.6) is 0 Å². The Labute approximate surface area is 141 Å². The number of anilines is 1. The van der Waals surface area contributed by atoms with Crippen molar-refractivity contribution in [2.45, 2.75) is 39.3 Å². The van der Waals surface area contributed by atoms with Crippen LogP contribution in [0.1, 0.15) is 36.7 Å². The van der Waals surface area contributed by atoms with Gasteiger partial charge >= 0.3 is 5.97 Å². The average Bonchev–Trinajstić information content (AvgIpc) is 2.78. The predicted molar refractivity (Wildman–Crippen MR) is 90.7 cm³/mol. The number of fused-ring (bicyclic) bond motifs is 1. The van der Waals surface area contributed by atoms with E-state index in [4.69, 9.17) is 5.11 Å². The molecule has 1 aliphatic heterocycles. The largest absolute Gasteiger partial charge is 0.480 e. The summed E-state index contributed by atoms with van der Waals surface area (Å²) in [5, 5.41) is 11.7. The Balaban J connectivity index is 2.29. The minimum atomic E-state index is -3.38. The summed E-state index contributed by atoms with van der Waals surface area (Å²) in [4.78, 5) is 23.5. The number of sulfonamides is 1. The van der Waals surface area contributed by atoms with Crippen molar-refractivity contribution in [1.82, 2.24) is 5.32 Å². The molecule has 1 aliphatic rings. The number of carboxylic acids is 1. The first-order chi connectivity index (χ1) is 11.0. The second-order valence-corrected chi connectivity index (χ2v) is 8.35. The van der Waals surface area contributed by atoms with Crippen LogP contribution < -0.4 is 9.62 Å². The molecule has 24 heavy (non-hydrogen) atoms. The van der Waals surface area contributed by atoms with Crippen LogP contribution in [-0.2, 0) is 21.2 Å². The van der Waals surface area contributed by atoms with Gasteiger partial charge in [-0.15, -0.1) is 0 Å². The molecule has 1 amide bonds. The van der Waals surface area contributed by atoms with Crippen LogP contribution >= 0.6 is 0 Å². The molecule has 0 fully saturated rings. The number of rotatable bonds is 5. The first kappa shape index (κ1) is 18.3. The molecule has 0 saturated carbocycles. The predicted octanol–water partition coefficient (Wildman–Crippen LogP) is 1.24. The fraction of sp³-hybridized carbons (Fsp3) is 0.500. The maximum Gasteiger partial charge on any atom is 0.326 e. The summed E-state index contributed by atoms with van der Waals surface area (Å²) >= 11 is 0. The fourth-order valence-corrected chi connectivity index (χ4v) is 4.25. The number of carboxylic acid groups (broad SMARTS) is 1. The molecule has 1 aromatic rings. The lowest BCUT2D eigenvalue weighted by Gasteiger charge is -2.22. The van der Waals surface area contributed by atoms with Gasteiger partial charge in [-0.05, 0) is 43.0 Å². The van der Waals surface area contributed by atoms with Crippen molar-refractivity contribution >= 4 is 27.6 Å². The molecule has 1 aromatic carbocycles. The smallest absolute Gasteiger partial charge is 0.326 e. The number of benzene rings is 1. The van der Waals surface area contributed by atoms with Gasteiger partial charge in [-0.3, -0.25) is 9.10 Å². The molecule has 0 aliphatic carbocycles. The summed E-state index contributed by atoms with van der Waals surface area (Å²) in [6, 6.07) is 3.56. The highest BCUT2D eigenvalue weighted by atomic mass is 32.2. The average molecular weight is 354 g/mol. The van der Waals surface area contributed by atoms with E-state index in [9.17, 15) is 18.0 Å². The molecule has 2 rings (SSSR count). The third kappa shape index (κ3) is 3.53. The van der Waals surface area contributed by atoms with Crippen molar-refractivity contribution in [3.8, 4) is 0 Å². The normalized spacial score (nSPS) is 18.4. The van der Waals surface area contributed by atoms with Gasteiger partial charge < -0.3 is 10.4 Å². The van der Waals surface area contributed by atoms with Gasteiger partial charge in [0.25, 0.3) is 5.91 Å². The topological polar surface area (TPSA) is 104 Å². The van der Waals surface area contributed by atoms with E-state index in [0.717, 1.165) is 11.8 Å². The van der Waals surface area contributed by atoms with Crippen LogP contribution in [0.15, 0.2) is 18.2 Å². The third-order valence-corrected chi connectivity index (χ3v) is 5.34. The summed E-state index contributed by atoms with van der Waals surface area (Å²) < 4.78 is 25.1. The molecular formula is C16H22N2O5S. The zero-order valence-electron chi connectivity index (χ0n) is 14.1. The van der Waals surface area contributed by atoms with Gasteiger partial charge in [0.05, 0.1) is 11.9 Å². The van der Waals surface area contributed by atoms with E-state index in [2.05, 4.69) is 5.32 Å². The first-order valence-electron chi connectivity index (χ1n) is 7.68. The fourth-order valence-electron chi connectivity index (χ4n) is 2.99. The van der Waals surface area contributed by atoms with Crippen LogP contribution in [0.3, 0.4) is 0 Å². The Hall–Kier alpha value is -2.09. The highest BCUT2D eigenvalue weighted by Crippen LogP contribution is 2.34. The van der Waals surface area contributed by atoms with Crippen molar-refractivity contribution in [1.29, 1.82) is 0 Å². The molecule has 1 heterocycles. The quantitative estimate of drug-likeness (QED) is 0.828. The number of hydrogen-bond acceptors (Lipinski definition) is 4. The van der Waals surface area contributed by atoms with Crippen molar-refractivity contribution in [3.05, 3.63) is 29.3 Å². The Bertz CT molecular complexity index is 773. The van der Waals surface area contributed by atoms with E-state index in [1.807, 2.05) is 0 Å². The SMILES string of the molecule is CC(C)C(NC(=O)c1ccc2c(c1)CC(C)N2S(C)(=O)=O)C(=O)O. The summed E-state index contributed by atoms with van der Waals surface area (Å²) in [5.41, 5.74) is 1.65. The standard InChI is InChI=1S/C16H22N2O5S/c1-9(2)14(16(20)21)17-15(19)11-5-6-13-12(8-11)7-10(3)18(13)24(4,22)23/h5-6,8-10,14H,7H2,1-4H3,(H,17,19)(H,20,21). The van der Waals surface area contributed by atoms with Crippen LogP contribution in [0.2, 0.25) is 0 Å². The Morgan fingerprint density at radius 2 is 1.96 bits per heavy atom. The van der Waals surface area contributed by atoms with Gasteiger partial charge in [0.1, 0.15) is 6.04 Å². The van der Waals surface area contributed by atoms with Crippen molar-refractivity contribution in [2.75, 3.05) is 10.6 Å². The van der Waals surface area contributed by atoms with Gasteiger partial charge in [-0.1, -0.05) is 13.8 Å². The molecule has 7 nitrogen and oxygen atoms in total. The minimum Gasteiger partial charge on any atom is -0.480 e. The molecule has 132 valence electrons. The third-order valence-electron chi connectivity index (χ3n) is 4.07. The second kappa shape index (κ2) is 6.43. The lowest BCUT2D eigenvalue weighted by atomic mass is 10.0. The van der Waals surface area contributed by atoms with Gasteiger partial charge in [0, 0.05) is 11.6 Å². The Morgan fingerprint density at radius 1 is 1.33 bits per heavy atom. The van der Waals surface area contributed by atoms with Gasteiger partial charge in [0.2, 0.25) is 10.0 Å². The van der Waals surface area contributed by atoms with Crippen molar-refractivity contribution in [3.63, 3.8) is 0 Å². The van der Waals surface area contributed by atoms with Crippen LogP contribution in [0, 0.1) is 5.92 Å². The van der Waals surface area contributed by atoms with Crippen molar-refractivity contribution < 1.29 is 23.1 Å². The summed E-state index contributed by atoms with van der Waals surface area (Å²) in [6.07, 6.45) is 1.66. The number of amides is 1. The highest BCUT2D eigenvalue weighted by Gasteiger charge is 2.33. The molecule has 8 heteroatoms. The summed E-state index contributed by atoms with van der Waals surface area (Å²) in [5.74, 6) is -1.82. The molecule has 2 atom stereocenters. The molecular weight excluding hydrogens is 332 g/mol. The number of carbonyl (C=O) groups is 2. The van der Waals surface area contributed by atoms with Gasteiger partial charge in [-0.25, -0.2) is 13.2 Å². The lowest BCUT2D eigenvalue weighted by molar-refractivity contribution is -0.140. The number of hydrogen-bond donors (Lipinski definition) is 2. The summed E-state index contributed by atoms with van der Waals surface area (Å²) in [7, 11) is -3.38. The van der Waals surface area contributed by atoms with E-state index in [1.165, 1.54) is 10.4 Å². The first-order valence-corrected chi connectivity index (χ1v) is 9.53. The molecule has 2 N–H and O–H groups in total. The minimum absolute atomic E-state index is 0.212. The number of carbonyl (C=O) groups excluding carboxylic acids is 1. The Kier molecular flexibility index (Phi) is 4.89. The zero-order chi connectivity index (χ0) is 18.2. The zero-order valence-corrected chi connectivity index (χ0v) is 14.9. The van der Waals surface area contributed by atoms with Crippen LogP contribution in [0.4, 0.5) is 5.69 Å². The van der Waals surface area contributed by atoms with Crippen LogP contribution in [0.25, 0.3) is 0 Å². The second-order valence-electron chi connectivity index (χ2n) is 6.49. The molecule has 0 aromatic heterocycles. The van der Waals surface area contributed by atoms with E-state index >= 15 is 0 Å². The molecule has 2 unspecified atom stereocenters. The maximum atomic E-state index is 12.3. The molecule has 0 radical (unpaired) electrons.